The predicted octanol–water partition coefficient (Wildman–Crippen LogP) is 0.759. The molecule has 2 aliphatic heterocycles. The van der Waals surface area contributed by atoms with Crippen LogP contribution >= 0.6 is 0 Å². The second kappa shape index (κ2) is 4.40. The van der Waals surface area contributed by atoms with Crippen LogP contribution in [0.5, 0.6) is 0 Å². The fourth-order valence-electron chi connectivity index (χ4n) is 2.69. The molecule has 0 aromatic carbocycles. The minimum atomic E-state index is -0.330. The first-order chi connectivity index (χ1) is 8.27. The van der Waals surface area contributed by atoms with Gasteiger partial charge in [-0.05, 0) is 13.0 Å². The highest BCUT2D eigenvalue weighted by atomic mass is 16.7. The van der Waals surface area contributed by atoms with Crippen molar-refractivity contribution in [3.05, 3.63) is 18.2 Å². The van der Waals surface area contributed by atoms with Gasteiger partial charge in [0, 0.05) is 25.9 Å². The summed E-state index contributed by atoms with van der Waals surface area (Å²) < 4.78 is 13.6. The number of hydrogen-bond acceptors (Lipinski definition) is 4. The van der Waals surface area contributed by atoms with Gasteiger partial charge in [-0.25, -0.2) is 4.98 Å². The van der Waals surface area contributed by atoms with Crippen LogP contribution in [0.25, 0.3) is 0 Å². The number of aryl methyl sites for hydroxylation is 1. The zero-order chi connectivity index (χ0) is 11.7. The number of rotatable bonds is 2. The first-order valence-electron chi connectivity index (χ1n) is 6.24. The van der Waals surface area contributed by atoms with Gasteiger partial charge in [-0.1, -0.05) is 0 Å². The van der Waals surface area contributed by atoms with E-state index in [1.165, 1.54) is 0 Å². The zero-order valence-corrected chi connectivity index (χ0v) is 10.3. The monoisotopic (exact) mass is 237 g/mol. The normalized spacial score (nSPS) is 24.5. The summed E-state index contributed by atoms with van der Waals surface area (Å²) in [4.78, 5) is 6.74. The van der Waals surface area contributed by atoms with E-state index in [2.05, 4.69) is 14.5 Å². The summed E-state index contributed by atoms with van der Waals surface area (Å²) in [5.41, 5.74) is 0. The third kappa shape index (κ3) is 2.22. The predicted molar refractivity (Wildman–Crippen MR) is 62.4 cm³/mol. The van der Waals surface area contributed by atoms with Crippen LogP contribution in [0.4, 0.5) is 0 Å². The molecule has 0 radical (unpaired) electrons. The number of piperidine rings is 1. The Balaban J connectivity index is 1.66. The Morgan fingerprint density at radius 1 is 1.41 bits per heavy atom. The Hall–Kier alpha value is -0.910. The summed E-state index contributed by atoms with van der Waals surface area (Å²) in [5, 5.41) is 0. The average Bonchev–Trinajstić information content (AvgIpc) is 2.91. The summed E-state index contributed by atoms with van der Waals surface area (Å²) >= 11 is 0. The molecule has 1 aromatic heterocycles. The molecule has 3 heterocycles. The van der Waals surface area contributed by atoms with E-state index in [0.29, 0.717) is 0 Å². The van der Waals surface area contributed by atoms with E-state index in [-0.39, 0.29) is 5.79 Å². The lowest BCUT2D eigenvalue weighted by molar-refractivity contribution is -0.190. The van der Waals surface area contributed by atoms with E-state index in [4.69, 9.17) is 9.47 Å². The minimum absolute atomic E-state index is 0.330. The smallest absolute Gasteiger partial charge is 0.181 e. The molecular formula is C12H19N3O2. The van der Waals surface area contributed by atoms with Gasteiger partial charge < -0.3 is 14.0 Å². The lowest BCUT2D eigenvalue weighted by Crippen LogP contribution is -2.48. The molecule has 3 rings (SSSR count). The van der Waals surface area contributed by atoms with Crippen LogP contribution in [0.3, 0.4) is 0 Å². The molecule has 2 fully saturated rings. The Labute approximate surface area is 101 Å². The summed E-state index contributed by atoms with van der Waals surface area (Å²) in [6.07, 6.45) is 5.98. The van der Waals surface area contributed by atoms with Crippen molar-refractivity contribution in [1.82, 2.24) is 14.5 Å². The number of aromatic nitrogens is 2. The Morgan fingerprint density at radius 2 is 2.24 bits per heavy atom. The van der Waals surface area contributed by atoms with E-state index < -0.39 is 0 Å². The van der Waals surface area contributed by atoms with Crippen molar-refractivity contribution >= 4 is 0 Å². The highest BCUT2D eigenvalue weighted by Crippen LogP contribution is 2.30. The third-order valence-corrected chi connectivity index (χ3v) is 3.60. The summed E-state index contributed by atoms with van der Waals surface area (Å²) in [6.45, 7) is 4.30. The summed E-state index contributed by atoms with van der Waals surface area (Å²) in [7, 11) is 2.03. The molecule has 1 spiro atoms. The van der Waals surface area contributed by atoms with Crippen LogP contribution in [0.15, 0.2) is 12.4 Å². The Bertz CT molecular complexity index is 385. The van der Waals surface area contributed by atoms with E-state index in [1.807, 2.05) is 19.4 Å². The molecule has 17 heavy (non-hydrogen) atoms. The number of ether oxygens (including phenoxy) is 2. The van der Waals surface area contributed by atoms with Crippen LogP contribution < -0.4 is 0 Å². The zero-order valence-electron chi connectivity index (χ0n) is 10.3. The molecule has 5 nitrogen and oxygen atoms in total. The van der Waals surface area contributed by atoms with E-state index in [1.54, 1.807) is 0 Å². The minimum Gasteiger partial charge on any atom is -0.346 e. The fraction of sp³-hybridized carbons (Fsp3) is 0.750. The van der Waals surface area contributed by atoms with Crippen molar-refractivity contribution in [2.45, 2.75) is 25.2 Å². The fourth-order valence-corrected chi connectivity index (χ4v) is 2.69. The molecule has 0 unspecified atom stereocenters. The van der Waals surface area contributed by atoms with Gasteiger partial charge in [0.05, 0.1) is 26.3 Å². The third-order valence-electron chi connectivity index (χ3n) is 3.60. The molecule has 0 atom stereocenters. The highest BCUT2D eigenvalue weighted by molar-refractivity contribution is 4.93. The highest BCUT2D eigenvalue weighted by Gasteiger charge is 2.40. The molecular weight excluding hydrogens is 218 g/mol. The molecule has 2 saturated heterocycles. The molecule has 0 aliphatic carbocycles. The topological polar surface area (TPSA) is 39.5 Å². The molecule has 5 heteroatoms. The number of hydrogen-bond donors (Lipinski definition) is 0. The quantitative estimate of drug-likeness (QED) is 0.761. The molecule has 94 valence electrons. The van der Waals surface area contributed by atoms with Gasteiger partial charge in [-0.2, -0.15) is 0 Å². The van der Waals surface area contributed by atoms with E-state index in [9.17, 15) is 0 Å². The van der Waals surface area contributed by atoms with Gasteiger partial charge in [-0.3, -0.25) is 4.90 Å². The van der Waals surface area contributed by atoms with Gasteiger partial charge in [0.1, 0.15) is 5.82 Å². The lowest BCUT2D eigenvalue weighted by Gasteiger charge is -2.38. The molecule has 0 saturated carbocycles. The van der Waals surface area contributed by atoms with Crippen molar-refractivity contribution < 1.29 is 9.47 Å². The standard InChI is InChI=1S/C12H19N3O2/c1-14-6-4-13-11(14)9-15-5-2-3-12(10-15)16-7-8-17-12/h4,6H,2-3,5,7-10H2,1H3. The number of likely N-dealkylation sites (tertiary alicyclic amines) is 1. The van der Waals surface area contributed by atoms with Crippen molar-refractivity contribution in [2.75, 3.05) is 26.3 Å². The van der Waals surface area contributed by atoms with E-state index >= 15 is 0 Å². The van der Waals surface area contributed by atoms with Gasteiger partial charge >= 0.3 is 0 Å². The maximum absolute atomic E-state index is 5.77. The van der Waals surface area contributed by atoms with Crippen molar-refractivity contribution in [1.29, 1.82) is 0 Å². The van der Waals surface area contributed by atoms with Gasteiger partial charge in [0.2, 0.25) is 0 Å². The van der Waals surface area contributed by atoms with Crippen molar-refractivity contribution in [3.63, 3.8) is 0 Å². The van der Waals surface area contributed by atoms with Crippen LogP contribution in [0.1, 0.15) is 18.7 Å². The van der Waals surface area contributed by atoms with E-state index in [0.717, 1.165) is 51.5 Å². The van der Waals surface area contributed by atoms with Gasteiger partial charge in [0.25, 0.3) is 0 Å². The Morgan fingerprint density at radius 3 is 2.94 bits per heavy atom. The second-order valence-corrected chi connectivity index (χ2v) is 4.88. The van der Waals surface area contributed by atoms with Gasteiger partial charge in [-0.15, -0.1) is 0 Å². The SMILES string of the molecule is Cn1ccnc1CN1CCCC2(C1)OCCO2. The Kier molecular flexibility index (Phi) is 2.90. The van der Waals surface area contributed by atoms with Crippen LogP contribution in [0, 0.1) is 0 Å². The van der Waals surface area contributed by atoms with Crippen LogP contribution in [-0.4, -0.2) is 46.5 Å². The maximum Gasteiger partial charge on any atom is 0.181 e. The molecule has 2 aliphatic rings. The number of imidazole rings is 1. The second-order valence-electron chi connectivity index (χ2n) is 4.88. The van der Waals surface area contributed by atoms with Crippen LogP contribution in [0.2, 0.25) is 0 Å². The maximum atomic E-state index is 5.77. The average molecular weight is 237 g/mol. The largest absolute Gasteiger partial charge is 0.346 e. The molecule has 1 aromatic rings. The summed E-state index contributed by atoms with van der Waals surface area (Å²) in [6, 6.07) is 0. The van der Waals surface area contributed by atoms with Crippen molar-refractivity contribution in [3.8, 4) is 0 Å². The first kappa shape index (κ1) is 11.2. The van der Waals surface area contributed by atoms with Gasteiger partial charge in [0.15, 0.2) is 5.79 Å². The van der Waals surface area contributed by atoms with Crippen LogP contribution in [-0.2, 0) is 23.1 Å². The lowest BCUT2D eigenvalue weighted by atomic mass is 10.0. The first-order valence-corrected chi connectivity index (χ1v) is 6.24. The molecule has 0 bridgehead atoms. The molecule has 0 N–H and O–H groups in total. The van der Waals surface area contributed by atoms with Crippen molar-refractivity contribution in [2.24, 2.45) is 7.05 Å². The number of nitrogens with zero attached hydrogens (tertiary/aromatic N) is 3. The summed E-state index contributed by atoms with van der Waals surface area (Å²) in [5.74, 6) is 0.767. The molecule has 0 amide bonds.